The van der Waals surface area contributed by atoms with E-state index in [9.17, 15) is 13.2 Å². The number of rotatable bonds is 5. The van der Waals surface area contributed by atoms with Gasteiger partial charge < -0.3 is 14.8 Å². The zero-order chi connectivity index (χ0) is 21.0. The van der Waals surface area contributed by atoms with Crippen LogP contribution in [0.3, 0.4) is 0 Å². The van der Waals surface area contributed by atoms with Crippen molar-refractivity contribution in [3.8, 4) is 11.5 Å². The zero-order valence-corrected chi connectivity index (χ0v) is 17.6. The Kier molecular flexibility index (Phi) is 6.24. The van der Waals surface area contributed by atoms with Crippen LogP contribution in [0.4, 0.5) is 0 Å². The second-order valence-corrected chi connectivity index (χ2v) is 9.49. The van der Waals surface area contributed by atoms with Crippen molar-refractivity contribution in [1.82, 2.24) is 9.62 Å². The van der Waals surface area contributed by atoms with Gasteiger partial charge in [0.2, 0.25) is 10.0 Å². The van der Waals surface area contributed by atoms with Crippen LogP contribution >= 0.6 is 0 Å². The summed E-state index contributed by atoms with van der Waals surface area (Å²) in [5.41, 5.74) is 0.308. The van der Waals surface area contributed by atoms with Crippen molar-refractivity contribution in [3.63, 3.8) is 0 Å². The summed E-state index contributed by atoms with van der Waals surface area (Å²) in [6, 6.07) is 13.6. The molecule has 2 aromatic carbocycles. The largest absolute Gasteiger partial charge is 0.486 e. The lowest BCUT2D eigenvalue weighted by atomic mass is 10.2. The molecular weight excluding hydrogens is 404 g/mol. The molecule has 1 atom stereocenters. The standard InChI is InChI=1S/C22H26N2O5S/c25-22(23-15-18-16-28-20-10-3-4-11-21(20)29-18)17-8-7-9-19(14-17)30(26,27)24-12-5-1-2-6-13-24/h3-4,7-11,14,18H,1-2,5-6,12-13,15-16H2,(H,23,25). The Morgan fingerprint density at radius 1 is 1.00 bits per heavy atom. The SMILES string of the molecule is O=C(NCC1COc2ccccc2O1)c1cccc(S(=O)(=O)N2CCCCCC2)c1. The molecule has 1 amide bonds. The van der Waals surface area contributed by atoms with Crippen molar-refractivity contribution in [2.45, 2.75) is 36.7 Å². The van der Waals surface area contributed by atoms with Crippen LogP contribution in [0.1, 0.15) is 36.0 Å². The van der Waals surface area contributed by atoms with E-state index in [1.54, 1.807) is 18.2 Å². The van der Waals surface area contributed by atoms with Gasteiger partial charge in [-0.3, -0.25) is 4.79 Å². The summed E-state index contributed by atoms with van der Waals surface area (Å²) < 4.78 is 39.0. The minimum absolute atomic E-state index is 0.156. The first-order chi connectivity index (χ1) is 14.5. The van der Waals surface area contributed by atoms with Crippen molar-refractivity contribution >= 4 is 15.9 Å². The van der Waals surface area contributed by atoms with E-state index in [1.807, 2.05) is 24.3 Å². The highest BCUT2D eigenvalue weighted by Crippen LogP contribution is 2.30. The maximum atomic E-state index is 13.0. The summed E-state index contributed by atoms with van der Waals surface area (Å²) in [4.78, 5) is 12.8. The molecule has 2 heterocycles. The van der Waals surface area contributed by atoms with Crippen LogP contribution < -0.4 is 14.8 Å². The van der Waals surface area contributed by atoms with Gasteiger partial charge in [0.15, 0.2) is 11.5 Å². The molecule has 0 saturated carbocycles. The van der Waals surface area contributed by atoms with Gasteiger partial charge in [0.1, 0.15) is 12.7 Å². The van der Waals surface area contributed by atoms with E-state index in [1.165, 1.54) is 10.4 Å². The maximum Gasteiger partial charge on any atom is 0.251 e. The van der Waals surface area contributed by atoms with E-state index >= 15 is 0 Å². The number of nitrogens with zero attached hydrogens (tertiary/aromatic N) is 1. The Morgan fingerprint density at radius 2 is 1.73 bits per heavy atom. The maximum absolute atomic E-state index is 13.0. The number of para-hydroxylation sites is 2. The molecule has 7 nitrogen and oxygen atoms in total. The Morgan fingerprint density at radius 3 is 2.50 bits per heavy atom. The van der Waals surface area contributed by atoms with Gasteiger partial charge in [-0.25, -0.2) is 8.42 Å². The normalized spacial score (nSPS) is 19.7. The number of carbonyl (C=O) groups excluding carboxylic acids is 1. The molecule has 0 aromatic heterocycles. The van der Waals surface area contributed by atoms with Crippen LogP contribution in [-0.2, 0) is 10.0 Å². The first kappa shape index (κ1) is 20.7. The minimum atomic E-state index is -3.60. The number of nitrogens with one attached hydrogen (secondary N) is 1. The number of fused-ring (bicyclic) bond motifs is 1. The van der Waals surface area contributed by atoms with Crippen LogP contribution in [-0.4, -0.2) is 51.0 Å². The smallest absolute Gasteiger partial charge is 0.251 e. The van der Waals surface area contributed by atoms with E-state index < -0.39 is 10.0 Å². The van der Waals surface area contributed by atoms with E-state index in [0.29, 0.717) is 36.8 Å². The van der Waals surface area contributed by atoms with Crippen molar-refractivity contribution in [2.24, 2.45) is 0 Å². The highest BCUT2D eigenvalue weighted by molar-refractivity contribution is 7.89. The summed E-state index contributed by atoms with van der Waals surface area (Å²) >= 11 is 0. The van der Waals surface area contributed by atoms with Crippen LogP contribution in [0, 0.1) is 0 Å². The minimum Gasteiger partial charge on any atom is -0.486 e. The molecule has 0 spiro atoms. The third-order valence-electron chi connectivity index (χ3n) is 5.36. The third kappa shape index (κ3) is 4.60. The molecule has 30 heavy (non-hydrogen) atoms. The Labute approximate surface area is 177 Å². The van der Waals surface area contributed by atoms with Crippen molar-refractivity contribution < 1.29 is 22.7 Å². The fourth-order valence-electron chi connectivity index (χ4n) is 3.70. The molecule has 4 rings (SSSR count). The van der Waals surface area contributed by atoms with E-state index in [-0.39, 0.29) is 23.5 Å². The van der Waals surface area contributed by atoms with Gasteiger partial charge in [0, 0.05) is 18.7 Å². The Balaban J connectivity index is 1.40. The molecular formula is C22H26N2O5S. The average Bonchev–Trinajstić information content (AvgIpc) is 3.08. The van der Waals surface area contributed by atoms with E-state index in [4.69, 9.17) is 9.47 Å². The number of carbonyl (C=O) groups is 1. The highest BCUT2D eigenvalue weighted by Gasteiger charge is 2.26. The molecule has 2 aliphatic heterocycles. The highest BCUT2D eigenvalue weighted by atomic mass is 32.2. The van der Waals surface area contributed by atoms with E-state index in [0.717, 1.165) is 25.7 Å². The second kappa shape index (κ2) is 9.06. The predicted molar refractivity (Wildman–Crippen MR) is 112 cm³/mol. The summed E-state index contributed by atoms with van der Waals surface area (Å²) in [7, 11) is -3.60. The van der Waals surface area contributed by atoms with E-state index in [2.05, 4.69) is 5.32 Å². The topological polar surface area (TPSA) is 84.9 Å². The quantitative estimate of drug-likeness (QED) is 0.789. The lowest BCUT2D eigenvalue weighted by molar-refractivity contribution is 0.0789. The van der Waals surface area contributed by atoms with Gasteiger partial charge in [0.25, 0.3) is 5.91 Å². The molecule has 8 heteroatoms. The van der Waals surface area contributed by atoms with Gasteiger partial charge in [0.05, 0.1) is 11.4 Å². The fourth-order valence-corrected chi connectivity index (χ4v) is 5.26. The Bertz CT molecular complexity index is 1000. The lowest BCUT2D eigenvalue weighted by Crippen LogP contribution is -2.40. The predicted octanol–water partition coefficient (Wildman–Crippen LogP) is 2.82. The van der Waals surface area contributed by atoms with Gasteiger partial charge in [-0.1, -0.05) is 31.0 Å². The molecule has 1 unspecified atom stereocenters. The first-order valence-electron chi connectivity index (χ1n) is 10.3. The van der Waals surface area contributed by atoms with Crippen molar-refractivity contribution in [3.05, 3.63) is 54.1 Å². The molecule has 160 valence electrons. The van der Waals surface area contributed by atoms with Gasteiger partial charge in [-0.15, -0.1) is 0 Å². The van der Waals surface area contributed by atoms with Crippen LogP contribution in [0.15, 0.2) is 53.4 Å². The molecule has 0 bridgehead atoms. The molecule has 2 aromatic rings. The van der Waals surface area contributed by atoms with Gasteiger partial charge >= 0.3 is 0 Å². The summed E-state index contributed by atoms with van der Waals surface area (Å²) in [5.74, 6) is 0.991. The number of amides is 1. The molecule has 0 aliphatic carbocycles. The summed E-state index contributed by atoms with van der Waals surface area (Å²) in [6.07, 6.45) is 3.52. The summed E-state index contributed by atoms with van der Waals surface area (Å²) in [5, 5.41) is 2.82. The average molecular weight is 431 g/mol. The zero-order valence-electron chi connectivity index (χ0n) is 16.7. The third-order valence-corrected chi connectivity index (χ3v) is 7.25. The monoisotopic (exact) mass is 430 g/mol. The van der Waals surface area contributed by atoms with Crippen molar-refractivity contribution in [2.75, 3.05) is 26.2 Å². The van der Waals surface area contributed by atoms with Crippen LogP contribution in [0.25, 0.3) is 0 Å². The van der Waals surface area contributed by atoms with Crippen LogP contribution in [0.5, 0.6) is 11.5 Å². The molecule has 1 N–H and O–H groups in total. The number of sulfonamides is 1. The van der Waals surface area contributed by atoms with Gasteiger partial charge in [-0.2, -0.15) is 4.31 Å². The first-order valence-corrected chi connectivity index (χ1v) is 11.7. The Hall–Kier alpha value is -2.58. The fraction of sp³-hybridized carbons (Fsp3) is 0.409. The molecule has 0 radical (unpaired) electrons. The van der Waals surface area contributed by atoms with Gasteiger partial charge in [-0.05, 0) is 43.2 Å². The molecule has 1 saturated heterocycles. The number of benzene rings is 2. The lowest BCUT2D eigenvalue weighted by Gasteiger charge is -2.26. The number of hydrogen-bond donors (Lipinski definition) is 1. The molecule has 2 aliphatic rings. The van der Waals surface area contributed by atoms with Crippen LogP contribution in [0.2, 0.25) is 0 Å². The van der Waals surface area contributed by atoms with Crippen molar-refractivity contribution in [1.29, 1.82) is 0 Å². The molecule has 1 fully saturated rings. The summed E-state index contributed by atoms with van der Waals surface area (Å²) in [6.45, 7) is 1.65. The number of hydrogen-bond acceptors (Lipinski definition) is 5. The number of ether oxygens (including phenoxy) is 2. The second-order valence-electron chi connectivity index (χ2n) is 7.55.